The van der Waals surface area contributed by atoms with E-state index in [1.165, 1.54) is 11.0 Å². The molecule has 140 valence electrons. The predicted molar refractivity (Wildman–Crippen MR) is 102 cm³/mol. The number of cyclic esters (lactones) is 1. The summed E-state index contributed by atoms with van der Waals surface area (Å²) >= 11 is 1.62. The smallest absolute Gasteiger partial charge is 0.414 e. The van der Waals surface area contributed by atoms with Crippen molar-refractivity contribution in [1.82, 2.24) is 5.01 Å². The fraction of sp³-hybridized carbons (Fsp3) is 0.222. The van der Waals surface area contributed by atoms with E-state index in [2.05, 4.69) is 5.22 Å². The minimum atomic E-state index is -0.591. The monoisotopic (exact) mass is 387 g/mol. The number of nitrogens with zero attached hydrogens (tertiary/aromatic N) is 3. The van der Waals surface area contributed by atoms with E-state index in [9.17, 15) is 9.18 Å². The van der Waals surface area contributed by atoms with Crippen molar-refractivity contribution in [2.75, 3.05) is 24.2 Å². The van der Waals surface area contributed by atoms with E-state index in [0.717, 1.165) is 21.8 Å². The predicted octanol–water partition coefficient (Wildman–Crippen LogP) is 4.39. The molecule has 1 aliphatic rings. The molecule has 1 saturated heterocycles. The molecule has 0 spiro atoms. The van der Waals surface area contributed by atoms with E-state index in [0.29, 0.717) is 11.3 Å². The van der Waals surface area contributed by atoms with Gasteiger partial charge in [0.15, 0.2) is 0 Å². The van der Waals surface area contributed by atoms with Gasteiger partial charge in [-0.15, -0.1) is 11.8 Å². The van der Waals surface area contributed by atoms with Crippen LogP contribution in [0.2, 0.25) is 0 Å². The Hall–Kier alpha value is -2.94. The highest BCUT2D eigenvalue weighted by Crippen LogP contribution is 2.30. The van der Waals surface area contributed by atoms with Gasteiger partial charge >= 0.3 is 6.09 Å². The lowest BCUT2D eigenvalue weighted by Gasteiger charge is -2.16. The molecule has 0 aliphatic carbocycles. The van der Waals surface area contributed by atoms with Crippen LogP contribution in [0, 0.1) is 16.8 Å². The van der Waals surface area contributed by atoms with Crippen molar-refractivity contribution in [3.8, 4) is 11.1 Å². The molecule has 0 aromatic heterocycles. The lowest BCUT2D eigenvalue weighted by molar-refractivity contribution is 0.125. The first-order valence-electron chi connectivity index (χ1n) is 8.12. The number of ether oxygens (including phenoxy) is 1. The second-order valence-electron chi connectivity index (χ2n) is 5.86. The quantitative estimate of drug-likeness (QED) is 0.242. The molecular weight excluding hydrogens is 369 g/mol. The average Bonchev–Trinajstić information content (AvgIpc) is 3.06. The first-order chi connectivity index (χ1) is 13.0. The summed E-state index contributed by atoms with van der Waals surface area (Å²) in [5, 5.41) is 11.3. The number of rotatable bonds is 7. The van der Waals surface area contributed by atoms with Gasteiger partial charge in [0.05, 0.1) is 18.8 Å². The third-order valence-electron chi connectivity index (χ3n) is 4.21. The Morgan fingerprint density at radius 2 is 2.11 bits per heavy atom. The maximum atomic E-state index is 14.7. The number of nitrogens with one attached hydrogen (secondary N) is 2. The summed E-state index contributed by atoms with van der Waals surface area (Å²) in [6, 6.07) is 12.2. The van der Waals surface area contributed by atoms with Gasteiger partial charge in [-0.25, -0.2) is 14.2 Å². The van der Waals surface area contributed by atoms with E-state index in [4.69, 9.17) is 15.7 Å². The van der Waals surface area contributed by atoms with Crippen molar-refractivity contribution < 1.29 is 13.9 Å². The topological polar surface area (TPSA) is 92.8 Å². The van der Waals surface area contributed by atoms with E-state index in [1.54, 1.807) is 23.9 Å². The van der Waals surface area contributed by atoms with Gasteiger partial charge in [0.2, 0.25) is 0 Å². The van der Waals surface area contributed by atoms with Gasteiger partial charge in [0.1, 0.15) is 18.3 Å². The molecular formula is C18H18FN5O2S. The summed E-state index contributed by atoms with van der Waals surface area (Å²) in [5.74, 6) is -0.428. The number of carbonyl (C=O) groups excluding carboxylic acids is 1. The Kier molecular flexibility index (Phi) is 5.70. The second-order valence-corrected chi connectivity index (χ2v) is 6.74. The van der Waals surface area contributed by atoms with Gasteiger partial charge in [-0.3, -0.25) is 10.3 Å². The van der Waals surface area contributed by atoms with Crippen LogP contribution in [0.3, 0.4) is 0 Å². The summed E-state index contributed by atoms with van der Waals surface area (Å²) in [4.78, 5) is 14.5. The maximum absolute atomic E-state index is 14.7. The first-order valence-corrected chi connectivity index (χ1v) is 9.35. The molecule has 0 unspecified atom stereocenters. The van der Waals surface area contributed by atoms with Crippen molar-refractivity contribution in [1.29, 1.82) is 10.9 Å². The van der Waals surface area contributed by atoms with Crippen LogP contribution in [0.25, 0.3) is 11.1 Å². The Bertz CT molecular complexity index is 853. The Balaban J connectivity index is 1.77. The first kappa shape index (κ1) is 18.8. The van der Waals surface area contributed by atoms with Crippen LogP contribution in [0.5, 0.6) is 0 Å². The number of thioether (sulfide) groups is 1. The van der Waals surface area contributed by atoms with Gasteiger partial charge in [-0.1, -0.05) is 17.4 Å². The van der Waals surface area contributed by atoms with Gasteiger partial charge in [-0.05, 0) is 42.2 Å². The molecule has 2 N–H and O–H groups in total. The summed E-state index contributed by atoms with van der Waals surface area (Å²) < 4.78 is 19.9. The molecule has 9 heteroatoms. The Morgan fingerprint density at radius 3 is 2.70 bits per heavy atom. The molecule has 2 aromatic rings. The van der Waals surface area contributed by atoms with Crippen LogP contribution in [0.4, 0.5) is 14.9 Å². The Labute approximate surface area is 160 Å². The molecule has 1 aliphatic heterocycles. The zero-order valence-electron chi connectivity index (χ0n) is 14.6. The molecule has 0 radical (unpaired) electrons. The molecule has 27 heavy (non-hydrogen) atoms. The Morgan fingerprint density at radius 1 is 1.37 bits per heavy atom. The molecule has 0 bridgehead atoms. The third-order valence-corrected chi connectivity index (χ3v) is 4.95. The highest BCUT2D eigenvalue weighted by Gasteiger charge is 2.33. The van der Waals surface area contributed by atoms with Gasteiger partial charge in [-0.2, -0.15) is 5.53 Å². The van der Waals surface area contributed by atoms with Gasteiger partial charge in [0.25, 0.3) is 0 Å². The fourth-order valence-corrected chi connectivity index (χ4v) is 3.24. The number of benzene rings is 2. The minimum Gasteiger partial charge on any atom is -0.442 e. The van der Waals surface area contributed by atoms with Crippen LogP contribution in [0.15, 0.2) is 52.6 Å². The average molecular weight is 387 g/mol. The van der Waals surface area contributed by atoms with E-state index in [-0.39, 0.29) is 13.1 Å². The fourth-order valence-electron chi connectivity index (χ4n) is 2.84. The largest absolute Gasteiger partial charge is 0.442 e. The number of carbonyl (C=O) groups is 1. The van der Waals surface area contributed by atoms with Crippen molar-refractivity contribution >= 4 is 29.9 Å². The maximum Gasteiger partial charge on any atom is 0.414 e. The molecule has 1 atom stereocenters. The van der Waals surface area contributed by atoms with Crippen LogP contribution >= 0.6 is 11.8 Å². The van der Waals surface area contributed by atoms with Crippen LogP contribution < -0.4 is 4.90 Å². The summed E-state index contributed by atoms with van der Waals surface area (Å²) in [6.07, 6.45) is 1.70. The molecule has 3 rings (SSSR count). The van der Waals surface area contributed by atoms with Gasteiger partial charge < -0.3 is 4.74 Å². The van der Waals surface area contributed by atoms with Crippen molar-refractivity contribution in [3.63, 3.8) is 0 Å². The second kappa shape index (κ2) is 8.17. The number of amides is 1. The van der Waals surface area contributed by atoms with E-state index < -0.39 is 18.0 Å². The summed E-state index contributed by atoms with van der Waals surface area (Å²) in [7, 11) is 0. The van der Waals surface area contributed by atoms with Crippen LogP contribution in [0.1, 0.15) is 0 Å². The van der Waals surface area contributed by atoms with Crippen LogP contribution in [-0.2, 0) is 4.74 Å². The molecule has 1 heterocycles. The standard InChI is InChI=1S/C18H18FN5O2S/c1-27-15-5-2-12(3-6-15)16-7-4-13(8-17(16)19)24-10-14(26-18(24)25)9-23(11-20)22-21/h2-8,11,14,20-21H,9-10H2,1H3/t14-/m0/s1. The van der Waals surface area contributed by atoms with Crippen LogP contribution in [-0.4, -0.2) is 42.9 Å². The minimum absolute atomic E-state index is 0.0948. The molecule has 1 amide bonds. The summed E-state index contributed by atoms with van der Waals surface area (Å²) in [6.45, 7) is 0.289. The highest BCUT2D eigenvalue weighted by molar-refractivity contribution is 7.98. The number of hydrogen-bond donors (Lipinski definition) is 2. The lowest BCUT2D eigenvalue weighted by Crippen LogP contribution is -2.30. The SMILES string of the molecule is CSc1ccc(-c2ccc(N3C[C@H](CN(C=N)N=N)OC3=O)cc2F)cc1. The summed E-state index contributed by atoms with van der Waals surface area (Å²) in [5.41, 5.74) is 8.56. The van der Waals surface area contributed by atoms with E-state index in [1.807, 2.05) is 30.5 Å². The lowest BCUT2D eigenvalue weighted by atomic mass is 10.0. The van der Waals surface area contributed by atoms with Gasteiger partial charge in [0, 0.05) is 10.5 Å². The van der Waals surface area contributed by atoms with Crippen molar-refractivity contribution in [3.05, 3.63) is 48.3 Å². The van der Waals surface area contributed by atoms with Crippen molar-refractivity contribution in [2.45, 2.75) is 11.0 Å². The zero-order chi connectivity index (χ0) is 19.4. The highest BCUT2D eigenvalue weighted by atomic mass is 32.2. The number of anilines is 1. The molecule has 7 nitrogen and oxygen atoms in total. The van der Waals surface area contributed by atoms with Crippen molar-refractivity contribution in [2.24, 2.45) is 5.22 Å². The normalized spacial score (nSPS) is 16.1. The zero-order valence-corrected chi connectivity index (χ0v) is 15.4. The molecule has 0 saturated carbocycles. The third kappa shape index (κ3) is 4.08. The van der Waals surface area contributed by atoms with E-state index >= 15 is 0 Å². The molecule has 2 aromatic carbocycles. The number of halogens is 1. The molecule has 1 fully saturated rings. The number of hydrogen-bond acceptors (Lipinski definition) is 6.